The van der Waals surface area contributed by atoms with Crippen LogP contribution in [0.25, 0.3) is 10.9 Å². The van der Waals surface area contributed by atoms with Crippen LogP contribution in [0.4, 0.5) is 0 Å². The van der Waals surface area contributed by atoms with Gasteiger partial charge in [-0.2, -0.15) is 0 Å². The fraction of sp³-hybridized carbons (Fsp3) is 0. The maximum absolute atomic E-state index is 11.0. The first-order valence-electron chi connectivity index (χ1n) is 3.40. The molecule has 0 unspecified atom stereocenters. The summed E-state index contributed by atoms with van der Waals surface area (Å²) in [7, 11) is 0. The fourth-order valence-electron chi connectivity index (χ4n) is 1.06. The van der Waals surface area contributed by atoms with Crippen molar-refractivity contribution in [3.63, 3.8) is 0 Å². The summed E-state index contributed by atoms with van der Waals surface area (Å²) < 4.78 is 0.795. The van der Waals surface area contributed by atoms with Crippen LogP contribution in [0.5, 0.6) is 0 Å². The number of hydrogen-bond donors (Lipinski definition) is 1. The molecule has 0 atom stereocenters. The number of aromatic amines is 1. The number of halogens is 1. The molecule has 60 valence electrons. The zero-order chi connectivity index (χ0) is 8.55. The van der Waals surface area contributed by atoms with E-state index in [9.17, 15) is 4.79 Å². The van der Waals surface area contributed by atoms with Gasteiger partial charge in [0.05, 0.1) is 11.7 Å². The van der Waals surface area contributed by atoms with Gasteiger partial charge >= 0.3 is 0 Å². The number of nitrogens with one attached hydrogen (secondary N) is 1. The lowest BCUT2D eigenvalue weighted by molar-refractivity contribution is 1.26. The standard InChI is InChI=1S/C8H5BrN2O/c9-6-3-8(12)11-7-4-10-2-1-5(6)7/h1-4H,(H,11,12). The highest BCUT2D eigenvalue weighted by molar-refractivity contribution is 9.10. The van der Waals surface area contributed by atoms with Gasteiger partial charge in [-0.1, -0.05) is 0 Å². The van der Waals surface area contributed by atoms with Gasteiger partial charge in [-0.15, -0.1) is 0 Å². The van der Waals surface area contributed by atoms with E-state index >= 15 is 0 Å². The number of aromatic nitrogens is 2. The van der Waals surface area contributed by atoms with Crippen molar-refractivity contribution in [2.24, 2.45) is 0 Å². The Morgan fingerprint density at radius 1 is 1.50 bits per heavy atom. The van der Waals surface area contributed by atoms with Crippen LogP contribution in [0.15, 0.2) is 33.8 Å². The predicted octanol–water partition coefficient (Wildman–Crippen LogP) is 1.69. The topological polar surface area (TPSA) is 45.8 Å². The summed E-state index contributed by atoms with van der Waals surface area (Å²) >= 11 is 3.30. The van der Waals surface area contributed by atoms with Crippen molar-refractivity contribution in [2.45, 2.75) is 0 Å². The molecule has 2 aromatic heterocycles. The number of fused-ring (bicyclic) bond motifs is 1. The van der Waals surface area contributed by atoms with Crippen LogP contribution in [0.1, 0.15) is 0 Å². The Labute approximate surface area is 76.6 Å². The highest BCUT2D eigenvalue weighted by atomic mass is 79.9. The molecule has 0 saturated carbocycles. The molecule has 0 aromatic carbocycles. The van der Waals surface area contributed by atoms with E-state index in [1.54, 1.807) is 12.4 Å². The van der Waals surface area contributed by atoms with Gasteiger partial charge in [0.2, 0.25) is 5.56 Å². The van der Waals surface area contributed by atoms with Crippen LogP contribution in [-0.4, -0.2) is 9.97 Å². The van der Waals surface area contributed by atoms with E-state index in [-0.39, 0.29) is 5.56 Å². The highest BCUT2D eigenvalue weighted by Crippen LogP contribution is 2.18. The molecule has 3 nitrogen and oxygen atoms in total. The van der Waals surface area contributed by atoms with E-state index in [0.717, 1.165) is 15.4 Å². The maximum Gasteiger partial charge on any atom is 0.249 e. The second-order valence-corrected chi connectivity index (χ2v) is 3.26. The molecule has 0 amide bonds. The Hall–Kier alpha value is -1.16. The van der Waals surface area contributed by atoms with Crippen molar-refractivity contribution in [3.05, 3.63) is 39.4 Å². The average Bonchev–Trinajstić information content (AvgIpc) is 2.04. The van der Waals surface area contributed by atoms with E-state index in [1.807, 2.05) is 6.07 Å². The molecule has 0 saturated heterocycles. The number of nitrogens with zero attached hydrogens (tertiary/aromatic N) is 1. The van der Waals surface area contributed by atoms with Gasteiger partial charge in [-0.25, -0.2) is 0 Å². The fourth-order valence-corrected chi connectivity index (χ4v) is 1.62. The Kier molecular flexibility index (Phi) is 1.69. The van der Waals surface area contributed by atoms with Crippen LogP contribution in [-0.2, 0) is 0 Å². The van der Waals surface area contributed by atoms with Crippen LogP contribution >= 0.6 is 15.9 Å². The Balaban J connectivity index is 2.99. The molecule has 0 aliphatic carbocycles. The largest absolute Gasteiger partial charge is 0.321 e. The molecule has 2 aromatic rings. The van der Waals surface area contributed by atoms with E-state index in [2.05, 4.69) is 25.9 Å². The minimum absolute atomic E-state index is 0.123. The van der Waals surface area contributed by atoms with Gasteiger partial charge in [-0.3, -0.25) is 9.78 Å². The number of pyridine rings is 2. The lowest BCUT2D eigenvalue weighted by Gasteiger charge is -1.97. The summed E-state index contributed by atoms with van der Waals surface area (Å²) in [6.45, 7) is 0. The first-order chi connectivity index (χ1) is 5.77. The Morgan fingerprint density at radius 3 is 3.17 bits per heavy atom. The molecule has 0 radical (unpaired) electrons. The second-order valence-electron chi connectivity index (χ2n) is 2.40. The van der Waals surface area contributed by atoms with Crippen molar-refractivity contribution >= 4 is 26.8 Å². The lowest BCUT2D eigenvalue weighted by Crippen LogP contribution is -2.03. The van der Waals surface area contributed by atoms with Crippen molar-refractivity contribution in [3.8, 4) is 0 Å². The minimum Gasteiger partial charge on any atom is -0.321 e. The third-order valence-electron chi connectivity index (χ3n) is 1.59. The van der Waals surface area contributed by atoms with E-state index in [0.29, 0.717) is 0 Å². The van der Waals surface area contributed by atoms with Gasteiger partial charge in [0.25, 0.3) is 0 Å². The molecule has 2 heterocycles. The molecular weight excluding hydrogens is 220 g/mol. The first kappa shape index (κ1) is 7.49. The molecule has 2 rings (SSSR count). The smallest absolute Gasteiger partial charge is 0.249 e. The predicted molar refractivity (Wildman–Crippen MR) is 50.1 cm³/mol. The van der Waals surface area contributed by atoms with Crippen LogP contribution < -0.4 is 5.56 Å². The van der Waals surface area contributed by atoms with Gasteiger partial charge < -0.3 is 4.98 Å². The quantitative estimate of drug-likeness (QED) is 0.741. The first-order valence-corrected chi connectivity index (χ1v) is 4.19. The average molecular weight is 225 g/mol. The van der Waals surface area contributed by atoms with Crippen molar-refractivity contribution in [1.82, 2.24) is 9.97 Å². The Bertz CT molecular complexity index is 478. The SMILES string of the molecule is O=c1cc(Br)c2ccncc2[nH]1. The molecule has 1 N–H and O–H groups in total. The number of hydrogen-bond acceptors (Lipinski definition) is 2. The van der Waals surface area contributed by atoms with Crippen molar-refractivity contribution < 1.29 is 0 Å². The molecule has 0 aliphatic heterocycles. The minimum atomic E-state index is -0.123. The maximum atomic E-state index is 11.0. The zero-order valence-corrected chi connectivity index (χ0v) is 7.63. The van der Waals surface area contributed by atoms with Crippen LogP contribution in [0.2, 0.25) is 0 Å². The summed E-state index contributed by atoms with van der Waals surface area (Å²) in [5.41, 5.74) is 0.624. The third kappa shape index (κ3) is 1.14. The summed E-state index contributed by atoms with van der Waals surface area (Å²) in [6, 6.07) is 3.34. The Morgan fingerprint density at radius 2 is 2.33 bits per heavy atom. The number of rotatable bonds is 0. The molecule has 4 heteroatoms. The van der Waals surface area contributed by atoms with Crippen molar-refractivity contribution in [2.75, 3.05) is 0 Å². The van der Waals surface area contributed by atoms with Crippen LogP contribution in [0, 0.1) is 0 Å². The number of H-pyrrole nitrogens is 1. The van der Waals surface area contributed by atoms with Gasteiger partial charge in [0, 0.05) is 22.1 Å². The summed E-state index contributed by atoms with van der Waals surface area (Å²) in [5.74, 6) is 0. The van der Waals surface area contributed by atoms with Gasteiger partial charge in [-0.05, 0) is 22.0 Å². The lowest BCUT2D eigenvalue weighted by atomic mass is 10.3. The second kappa shape index (κ2) is 2.71. The third-order valence-corrected chi connectivity index (χ3v) is 2.25. The summed E-state index contributed by atoms with van der Waals surface area (Å²) in [4.78, 5) is 17.6. The molecule has 0 fully saturated rings. The molecule has 0 aliphatic rings. The zero-order valence-electron chi connectivity index (χ0n) is 6.04. The summed E-state index contributed by atoms with van der Waals surface area (Å²) in [6.07, 6.45) is 3.31. The summed E-state index contributed by atoms with van der Waals surface area (Å²) in [5, 5.41) is 0.963. The monoisotopic (exact) mass is 224 g/mol. The van der Waals surface area contributed by atoms with E-state index < -0.39 is 0 Å². The molecule has 12 heavy (non-hydrogen) atoms. The normalized spacial score (nSPS) is 10.4. The van der Waals surface area contributed by atoms with Crippen molar-refractivity contribution in [1.29, 1.82) is 0 Å². The van der Waals surface area contributed by atoms with Gasteiger partial charge in [0.15, 0.2) is 0 Å². The van der Waals surface area contributed by atoms with E-state index in [4.69, 9.17) is 0 Å². The molecule has 0 spiro atoms. The molecular formula is C8H5BrN2O. The van der Waals surface area contributed by atoms with Crippen LogP contribution in [0.3, 0.4) is 0 Å². The highest BCUT2D eigenvalue weighted by Gasteiger charge is 1.98. The van der Waals surface area contributed by atoms with E-state index in [1.165, 1.54) is 6.07 Å². The van der Waals surface area contributed by atoms with Gasteiger partial charge in [0.1, 0.15) is 0 Å². The molecule has 0 bridgehead atoms.